The minimum atomic E-state index is -0.609. The van der Waals surface area contributed by atoms with Crippen LogP contribution in [0.4, 0.5) is 0 Å². The molecular formula is C9H7BrClNO. The summed E-state index contributed by atoms with van der Waals surface area (Å²) >= 11 is 9.05. The van der Waals surface area contributed by atoms with Gasteiger partial charge in [-0.1, -0.05) is 6.07 Å². The zero-order valence-electron chi connectivity index (χ0n) is 6.92. The van der Waals surface area contributed by atoms with E-state index in [9.17, 15) is 0 Å². The molecule has 0 saturated carbocycles. The van der Waals surface area contributed by atoms with Crippen LogP contribution >= 0.6 is 27.5 Å². The molecule has 0 radical (unpaired) electrons. The Hall–Kier alpha value is -0.720. The zero-order valence-corrected chi connectivity index (χ0v) is 9.26. The average molecular weight is 261 g/mol. The molecule has 0 spiro atoms. The Morgan fingerprint density at radius 1 is 1.62 bits per heavy atom. The molecule has 0 aliphatic rings. The highest BCUT2D eigenvalue weighted by Gasteiger charge is 2.08. The van der Waals surface area contributed by atoms with Gasteiger partial charge in [0.15, 0.2) is 0 Å². The van der Waals surface area contributed by atoms with Crippen LogP contribution in [0, 0.1) is 11.3 Å². The van der Waals surface area contributed by atoms with Gasteiger partial charge >= 0.3 is 0 Å². The first-order valence-electron chi connectivity index (χ1n) is 3.56. The molecule has 0 aliphatic carbocycles. The first-order valence-corrected chi connectivity index (χ1v) is 4.79. The van der Waals surface area contributed by atoms with Gasteiger partial charge in [0, 0.05) is 0 Å². The van der Waals surface area contributed by atoms with Crippen LogP contribution in [0.5, 0.6) is 5.75 Å². The van der Waals surface area contributed by atoms with Gasteiger partial charge in [0.1, 0.15) is 11.1 Å². The molecule has 13 heavy (non-hydrogen) atoms. The van der Waals surface area contributed by atoms with Gasteiger partial charge < -0.3 is 4.74 Å². The number of nitriles is 1. The fourth-order valence-corrected chi connectivity index (χ4v) is 1.61. The van der Waals surface area contributed by atoms with E-state index in [1.165, 1.54) is 0 Å². The minimum Gasteiger partial charge on any atom is -0.496 e. The molecule has 4 heteroatoms. The summed E-state index contributed by atoms with van der Waals surface area (Å²) in [5.41, 5.74) is 0.761. The van der Waals surface area contributed by atoms with Gasteiger partial charge in [0.25, 0.3) is 0 Å². The number of halogens is 2. The van der Waals surface area contributed by atoms with Crippen molar-refractivity contribution in [2.75, 3.05) is 7.11 Å². The normalized spacial score (nSPS) is 11.8. The third kappa shape index (κ3) is 2.36. The van der Waals surface area contributed by atoms with Crippen LogP contribution in [0.2, 0.25) is 0 Å². The van der Waals surface area contributed by atoms with Gasteiger partial charge in [0.05, 0.1) is 17.7 Å². The van der Waals surface area contributed by atoms with Crippen molar-refractivity contribution in [1.82, 2.24) is 0 Å². The Balaban J connectivity index is 3.04. The summed E-state index contributed by atoms with van der Waals surface area (Å²) in [6.07, 6.45) is 0. The molecule has 1 aromatic carbocycles. The van der Waals surface area contributed by atoms with Crippen molar-refractivity contribution in [3.8, 4) is 11.8 Å². The molecule has 0 saturated heterocycles. The van der Waals surface area contributed by atoms with Crippen LogP contribution in [-0.4, -0.2) is 7.11 Å². The van der Waals surface area contributed by atoms with Crippen LogP contribution in [0.25, 0.3) is 0 Å². The van der Waals surface area contributed by atoms with Gasteiger partial charge in [-0.15, -0.1) is 11.6 Å². The zero-order chi connectivity index (χ0) is 9.84. The van der Waals surface area contributed by atoms with E-state index in [1.54, 1.807) is 25.3 Å². The molecule has 1 atom stereocenters. The Morgan fingerprint density at radius 2 is 2.31 bits per heavy atom. The molecule has 0 bridgehead atoms. The Morgan fingerprint density at radius 3 is 2.77 bits per heavy atom. The standard InChI is InChI=1S/C9H7BrClNO/c1-13-9-3-2-6(4-7(9)10)8(11)5-12/h2-4,8H,1H3. The third-order valence-corrected chi connectivity index (χ3v) is 2.55. The molecule has 0 aliphatic heterocycles. The fourth-order valence-electron chi connectivity index (χ4n) is 0.915. The second kappa shape index (κ2) is 4.50. The SMILES string of the molecule is COc1ccc(C(Cl)C#N)cc1Br. The van der Waals surface area contributed by atoms with Crippen molar-refractivity contribution < 1.29 is 4.74 Å². The predicted octanol–water partition coefficient (Wildman–Crippen LogP) is 3.26. The Kier molecular flexibility index (Phi) is 3.58. The van der Waals surface area contributed by atoms with E-state index in [0.29, 0.717) is 0 Å². The van der Waals surface area contributed by atoms with Crippen LogP contribution in [0.15, 0.2) is 22.7 Å². The molecule has 1 rings (SSSR count). The lowest BCUT2D eigenvalue weighted by atomic mass is 10.1. The summed E-state index contributed by atoms with van der Waals surface area (Å²) in [6, 6.07) is 7.27. The highest BCUT2D eigenvalue weighted by atomic mass is 79.9. The Labute approximate surface area is 90.2 Å². The quantitative estimate of drug-likeness (QED) is 0.765. The van der Waals surface area contributed by atoms with Crippen LogP contribution < -0.4 is 4.74 Å². The topological polar surface area (TPSA) is 33.0 Å². The molecule has 1 aromatic rings. The number of methoxy groups -OCH3 is 1. The van der Waals surface area contributed by atoms with Crippen LogP contribution in [0.3, 0.4) is 0 Å². The van der Waals surface area contributed by atoms with E-state index in [0.717, 1.165) is 15.8 Å². The lowest BCUT2D eigenvalue weighted by Gasteiger charge is -2.05. The van der Waals surface area contributed by atoms with Crippen LogP contribution in [0.1, 0.15) is 10.9 Å². The highest BCUT2D eigenvalue weighted by Crippen LogP contribution is 2.29. The maximum Gasteiger partial charge on any atom is 0.145 e. The lowest BCUT2D eigenvalue weighted by molar-refractivity contribution is 0.412. The van der Waals surface area contributed by atoms with Crippen molar-refractivity contribution in [3.05, 3.63) is 28.2 Å². The van der Waals surface area contributed by atoms with Crippen molar-refractivity contribution in [1.29, 1.82) is 5.26 Å². The number of benzene rings is 1. The van der Waals surface area contributed by atoms with E-state index in [2.05, 4.69) is 15.9 Å². The summed E-state index contributed by atoms with van der Waals surface area (Å²) in [4.78, 5) is 0. The first kappa shape index (κ1) is 10.4. The van der Waals surface area contributed by atoms with Gasteiger partial charge in [-0.05, 0) is 33.6 Å². The smallest absolute Gasteiger partial charge is 0.145 e. The van der Waals surface area contributed by atoms with Crippen molar-refractivity contribution in [2.45, 2.75) is 5.38 Å². The van der Waals surface area contributed by atoms with Crippen molar-refractivity contribution in [3.63, 3.8) is 0 Å². The predicted molar refractivity (Wildman–Crippen MR) is 54.9 cm³/mol. The second-order valence-corrected chi connectivity index (χ2v) is 3.68. The number of hydrogen-bond acceptors (Lipinski definition) is 2. The number of ether oxygens (including phenoxy) is 1. The van der Waals surface area contributed by atoms with Crippen molar-refractivity contribution in [2.24, 2.45) is 0 Å². The molecule has 0 fully saturated rings. The number of hydrogen-bond donors (Lipinski definition) is 0. The van der Waals surface area contributed by atoms with E-state index in [4.69, 9.17) is 21.6 Å². The fraction of sp³-hybridized carbons (Fsp3) is 0.222. The monoisotopic (exact) mass is 259 g/mol. The number of nitrogens with zero attached hydrogens (tertiary/aromatic N) is 1. The summed E-state index contributed by atoms with van der Waals surface area (Å²) < 4.78 is 5.84. The molecule has 1 unspecified atom stereocenters. The summed E-state index contributed by atoms with van der Waals surface area (Å²) in [5.74, 6) is 0.727. The van der Waals surface area contributed by atoms with E-state index in [1.807, 2.05) is 6.07 Å². The second-order valence-electron chi connectivity index (χ2n) is 2.39. The van der Waals surface area contributed by atoms with E-state index >= 15 is 0 Å². The average Bonchev–Trinajstić information content (AvgIpc) is 2.16. The molecular weight excluding hydrogens is 253 g/mol. The Bertz CT molecular complexity index is 348. The summed E-state index contributed by atoms with van der Waals surface area (Å²) in [7, 11) is 1.59. The van der Waals surface area contributed by atoms with Crippen molar-refractivity contribution >= 4 is 27.5 Å². The molecule has 2 nitrogen and oxygen atoms in total. The van der Waals surface area contributed by atoms with Gasteiger partial charge in [-0.2, -0.15) is 5.26 Å². The third-order valence-electron chi connectivity index (χ3n) is 1.58. The van der Waals surface area contributed by atoms with Crippen LogP contribution in [-0.2, 0) is 0 Å². The first-order chi connectivity index (χ1) is 6.19. The lowest BCUT2D eigenvalue weighted by Crippen LogP contribution is -1.89. The van der Waals surface area contributed by atoms with Gasteiger partial charge in [0.2, 0.25) is 0 Å². The number of rotatable bonds is 2. The van der Waals surface area contributed by atoms with E-state index < -0.39 is 5.38 Å². The molecule has 0 heterocycles. The number of alkyl halides is 1. The largest absolute Gasteiger partial charge is 0.496 e. The molecule has 0 amide bonds. The molecule has 0 aromatic heterocycles. The van der Waals surface area contributed by atoms with Gasteiger partial charge in [-0.3, -0.25) is 0 Å². The summed E-state index contributed by atoms with van der Waals surface area (Å²) in [5, 5.41) is 7.97. The van der Waals surface area contributed by atoms with Gasteiger partial charge in [-0.25, -0.2) is 0 Å². The highest BCUT2D eigenvalue weighted by molar-refractivity contribution is 9.10. The maximum atomic E-state index is 8.58. The molecule has 68 valence electrons. The van der Waals surface area contributed by atoms with E-state index in [-0.39, 0.29) is 0 Å². The summed E-state index contributed by atoms with van der Waals surface area (Å²) in [6.45, 7) is 0. The minimum absolute atomic E-state index is 0.609. The maximum absolute atomic E-state index is 8.58. The molecule has 0 N–H and O–H groups in total.